The van der Waals surface area contributed by atoms with Crippen molar-refractivity contribution in [2.24, 2.45) is 0 Å². The molecule has 0 aliphatic carbocycles. The standard InChI is InChI=1S/C13H7ClN4O/c14-8-2-4-10-16-9-3-1-7-5-15-17-12(7)11(9)13(19)18(10)6-8/h1-6H,(H,15,17). The van der Waals surface area contributed by atoms with Crippen LogP contribution < -0.4 is 5.56 Å². The van der Waals surface area contributed by atoms with Gasteiger partial charge in [-0.05, 0) is 24.3 Å². The topological polar surface area (TPSA) is 63.0 Å². The molecule has 5 nitrogen and oxygen atoms in total. The maximum atomic E-state index is 12.6. The molecule has 6 heteroatoms. The molecule has 4 aromatic rings. The minimum absolute atomic E-state index is 0.155. The van der Waals surface area contributed by atoms with Crippen molar-refractivity contribution in [2.45, 2.75) is 0 Å². The molecule has 0 saturated carbocycles. The number of halogens is 1. The maximum Gasteiger partial charge on any atom is 0.267 e. The Labute approximate surface area is 111 Å². The van der Waals surface area contributed by atoms with Crippen LogP contribution in [0, 0.1) is 0 Å². The molecule has 0 amide bonds. The number of nitrogens with zero attached hydrogens (tertiary/aromatic N) is 3. The van der Waals surface area contributed by atoms with Crippen molar-refractivity contribution in [1.82, 2.24) is 19.6 Å². The van der Waals surface area contributed by atoms with Crippen molar-refractivity contribution in [3.05, 3.63) is 52.0 Å². The van der Waals surface area contributed by atoms with Gasteiger partial charge in [-0.3, -0.25) is 14.3 Å². The van der Waals surface area contributed by atoms with E-state index in [1.54, 1.807) is 24.5 Å². The van der Waals surface area contributed by atoms with E-state index in [-0.39, 0.29) is 5.56 Å². The van der Waals surface area contributed by atoms with E-state index >= 15 is 0 Å². The summed E-state index contributed by atoms with van der Waals surface area (Å²) < 4.78 is 1.45. The lowest BCUT2D eigenvalue weighted by Gasteiger charge is -2.04. The Bertz CT molecular complexity index is 1000. The van der Waals surface area contributed by atoms with Crippen molar-refractivity contribution in [3.63, 3.8) is 0 Å². The Kier molecular flexibility index (Phi) is 1.97. The average Bonchev–Trinajstić information content (AvgIpc) is 2.88. The number of aromatic nitrogens is 4. The zero-order valence-electron chi connectivity index (χ0n) is 9.59. The van der Waals surface area contributed by atoms with Crippen molar-refractivity contribution >= 4 is 39.1 Å². The average molecular weight is 271 g/mol. The second-order valence-electron chi connectivity index (χ2n) is 4.29. The van der Waals surface area contributed by atoms with E-state index in [2.05, 4.69) is 15.2 Å². The summed E-state index contributed by atoms with van der Waals surface area (Å²) in [7, 11) is 0. The van der Waals surface area contributed by atoms with Gasteiger partial charge in [-0.2, -0.15) is 5.10 Å². The van der Waals surface area contributed by atoms with Crippen molar-refractivity contribution < 1.29 is 0 Å². The lowest BCUT2D eigenvalue weighted by Crippen LogP contribution is -2.15. The summed E-state index contributed by atoms with van der Waals surface area (Å²) in [4.78, 5) is 17.0. The Morgan fingerprint density at radius 3 is 3.00 bits per heavy atom. The second-order valence-corrected chi connectivity index (χ2v) is 4.72. The van der Waals surface area contributed by atoms with Gasteiger partial charge in [0.2, 0.25) is 0 Å². The normalized spacial score (nSPS) is 11.6. The van der Waals surface area contributed by atoms with E-state index in [9.17, 15) is 4.79 Å². The van der Waals surface area contributed by atoms with E-state index in [1.165, 1.54) is 4.40 Å². The van der Waals surface area contributed by atoms with Crippen LogP contribution in [0.15, 0.2) is 41.5 Å². The Morgan fingerprint density at radius 1 is 1.21 bits per heavy atom. The largest absolute Gasteiger partial charge is 0.277 e. The summed E-state index contributed by atoms with van der Waals surface area (Å²) in [6, 6.07) is 7.15. The van der Waals surface area contributed by atoms with E-state index in [4.69, 9.17) is 11.6 Å². The van der Waals surface area contributed by atoms with Crippen LogP contribution in [0.4, 0.5) is 0 Å². The van der Waals surface area contributed by atoms with Crippen LogP contribution >= 0.6 is 11.6 Å². The molecule has 0 unspecified atom stereocenters. The van der Waals surface area contributed by atoms with Gasteiger partial charge in [-0.15, -0.1) is 0 Å². The molecule has 0 radical (unpaired) electrons. The van der Waals surface area contributed by atoms with Crippen molar-refractivity contribution in [2.75, 3.05) is 0 Å². The first-order chi connectivity index (χ1) is 9.24. The molecule has 1 N–H and O–H groups in total. The van der Waals surface area contributed by atoms with Gasteiger partial charge in [0, 0.05) is 11.6 Å². The van der Waals surface area contributed by atoms with Crippen LogP contribution in [0.1, 0.15) is 0 Å². The molecule has 3 aromatic heterocycles. The third-order valence-electron chi connectivity index (χ3n) is 3.15. The summed E-state index contributed by atoms with van der Waals surface area (Å²) in [6.45, 7) is 0. The van der Waals surface area contributed by atoms with Crippen LogP contribution in [0.25, 0.3) is 27.5 Å². The van der Waals surface area contributed by atoms with Gasteiger partial charge in [0.1, 0.15) is 5.65 Å². The molecule has 3 heterocycles. The van der Waals surface area contributed by atoms with E-state index < -0.39 is 0 Å². The molecule has 0 saturated heterocycles. The smallest absolute Gasteiger partial charge is 0.267 e. The van der Waals surface area contributed by atoms with Gasteiger partial charge in [-0.25, -0.2) is 4.98 Å². The monoisotopic (exact) mass is 270 g/mol. The molecular weight excluding hydrogens is 264 g/mol. The molecule has 0 aliphatic heterocycles. The SMILES string of the molecule is O=c1c2c(ccc3cn[nH]c32)nc2ccc(Cl)cn12. The third-order valence-corrected chi connectivity index (χ3v) is 3.38. The number of rotatable bonds is 0. The molecule has 1 aromatic carbocycles. The number of nitrogens with one attached hydrogen (secondary N) is 1. The van der Waals surface area contributed by atoms with E-state index in [1.807, 2.05) is 12.1 Å². The highest BCUT2D eigenvalue weighted by molar-refractivity contribution is 6.30. The molecule has 92 valence electrons. The highest BCUT2D eigenvalue weighted by Gasteiger charge is 2.10. The first-order valence-corrected chi connectivity index (χ1v) is 6.05. The molecular formula is C13H7ClN4O. The van der Waals surface area contributed by atoms with E-state index in [0.717, 1.165) is 5.39 Å². The lowest BCUT2D eigenvalue weighted by molar-refractivity contribution is 1.07. The molecule has 0 bridgehead atoms. The number of aromatic amines is 1. The number of H-pyrrole nitrogens is 1. The predicted molar refractivity (Wildman–Crippen MR) is 73.6 cm³/mol. The molecule has 0 aliphatic rings. The fraction of sp³-hybridized carbons (Fsp3) is 0. The van der Waals surface area contributed by atoms with Crippen molar-refractivity contribution in [1.29, 1.82) is 0 Å². The minimum Gasteiger partial charge on any atom is -0.277 e. The first-order valence-electron chi connectivity index (χ1n) is 5.68. The summed E-state index contributed by atoms with van der Waals surface area (Å²) in [5, 5.41) is 8.71. The number of hydrogen-bond donors (Lipinski definition) is 1. The summed E-state index contributed by atoms with van der Waals surface area (Å²) in [5.41, 5.74) is 1.76. The van der Waals surface area contributed by atoms with Crippen LogP contribution in [0.3, 0.4) is 0 Å². The summed E-state index contributed by atoms with van der Waals surface area (Å²) in [6.07, 6.45) is 3.25. The number of fused-ring (bicyclic) bond motifs is 4. The van der Waals surface area contributed by atoms with Gasteiger partial charge < -0.3 is 0 Å². The molecule has 4 rings (SSSR count). The zero-order chi connectivity index (χ0) is 13.0. The molecule has 0 atom stereocenters. The van der Waals surface area contributed by atoms with E-state index in [0.29, 0.717) is 27.1 Å². The number of benzene rings is 1. The predicted octanol–water partition coefficient (Wildman–Crippen LogP) is 2.38. The van der Waals surface area contributed by atoms with Gasteiger partial charge in [0.05, 0.1) is 27.6 Å². The van der Waals surface area contributed by atoms with Gasteiger partial charge in [-0.1, -0.05) is 11.6 Å². The quantitative estimate of drug-likeness (QED) is 0.499. The van der Waals surface area contributed by atoms with Gasteiger partial charge >= 0.3 is 0 Å². The number of hydrogen-bond acceptors (Lipinski definition) is 3. The number of pyridine rings is 1. The van der Waals surface area contributed by atoms with Gasteiger partial charge in [0.25, 0.3) is 5.56 Å². The first kappa shape index (κ1) is 10.5. The van der Waals surface area contributed by atoms with Crippen LogP contribution in [0.2, 0.25) is 5.02 Å². The molecule has 19 heavy (non-hydrogen) atoms. The second kappa shape index (κ2) is 3.55. The fourth-order valence-electron chi connectivity index (χ4n) is 2.28. The lowest BCUT2D eigenvalue weighted by atomic mass is 10.2. The molecule has 0 fully saturated rings. The maximum absolute atomic E-state index is 12.6. The summed E-state index contributed by atoms with van der Waals surface area (Å²) >= 11 is 5.93. The Balaban J connectivity index is 2.36. The van der Waals surface area contributed by atoms with Gasteiger partial charge in [0.15, 0.2) is 0 Å². The molecule has 0 spiro atoms. The van der Waals surface area contributed by atoms with Crippen molar-refractivity contribution in [3.8, 4) is 0 Å². The zero-order valence-corrected chi connectivity index (χ0v) is 10.3. The van der Waals surface area contributed by atoms with Crippen LogP contribution in [-0.4, -0.2) is 19.6 Å². The Hall–Kier alpha value is -2.40. The third kappa shape index (κ3) is 1.39. The van der Waals surface area contributed by atoms with Crippen LogP contribution in [-0.2, 0) is 0 Å². The van der Waals surface area contributed by atoms with Crippen LogP contribution in [0.5, 0.6) is 0 Å². The fourth-order valence-corrected chi connectivity index (χ4v) is 2.44. The Morgan fingerprint density at radius 2 is 2.11 bits per heavy atom. The highest BCUT2D eigenvalue weighted by Crippen LogP contribution is 2.20. The highest BCUT2D eigenvalue weighted by atomic mass is 35.5. The summed E-state index contributed by atoms with van der Waals surface area (Å²) in [5.74, 6) is 0. The minimum atomic E-state index is -0.155.